The maximum atomic E-state index is 12.1. The van der Waals surface area contributed by atoms with Crippen molar-refractivity contribution in [2.24, 2.45) is 0 Å². The van der Waals surface area contributed by atoms with Gasteiger partial charge in [-0.15, -0.1) is 0 Å². The topological polar surface area (TPSA) is 61.4 Å². The van der Waals surface area contributed by atoms with E-state index in [1.165, 1.54) is 12.8 Å². The zero-order chi connectivity index (χ0) is 13.6. The van der Waals surface area contributed by atoms with Crippen LogP contribution in [0, 0.1) is 0 Å². The first-order valence-electron chi connectivity index (χ1n) is 7.26. The monoisotopic (exact) mass is 256 g/mol. The van der Waals surface area contributed by atoms with E-state index in [1.807, 2.05) is 20.8 Å². The summed E-state index contributed by atoms with van der Waals surface area (Å²) in [6.07, 6.45) is 6.28. The number of carbonyl (C=O) groups excluding carboxylic acids is 1. The van der Waals surface area contributed by atoms with E-state index in [1.54, 1.807) is 0 Å². The van der Waals surface area contributed by atoms with Crippen molar-refractivity contribution in [3.63, 3.8) is 0 Å². The Kier molecular flexibility index (Phi) is 6.09. The van der Waals surface area contributed by atoms with Gasteiger partial charge in [-0.05, 0) is 32.6 Å². The minimum atomic E-state index is -0.327. The van der Waals surface area contributed by atoms with Gasteiger partial charge in [-0.2, -0.15) is 0 Å². The van der Waals surface area contributed by atoms with E-state index in [0.29, 0.717) is 6.04 Å². The Bertz CT molecular complexity index is 250. The van der Waals surface area contributed by atoms with Gasteiger partial charge in [0.15, 0.2) is 0 Å². The number of rotatable bonds is 7. The first-order chi connectivity index (χ1) is 8.56. The molecule has 0 aromatic rings. The van der Waals surface area contributed by atoms with Crippen molar-refractivity contribution in [2.75, 3.05) is 6.61 Å². The summed E-state index contributed by atoms with van der Waals surface area (Å²) in [6, 6.07) is 0.103. The molecule has 0 aliphatic heterocycles. The fourth-order valence-electron chi connectivity index (χ4n) is 2.64. The van der Waals surface area contributed by atoms with Gasteiger partial charge in [0.05, 0.1) is 12.6 Å². The number of hydrogen-bond donors (Lipinski definition) is 3. The zero-order valence-corrected chi connectivity index (χ0v) is 12.0. The third-order valence-corrected chi connectivity index (χ3v) is 4.27. The van der Waals surface area contributed by atoms with Gasteiger partial charge < -0.3 is 10.4 Å². The molecule has 0 saturated heterocycles. The van der Waals surface area contributed by atoms with E-state index >= 15 is 0 Å². The fraction of sp³-hybridized carbons (Fsp3) is 0.929. The van der Waals surface area contributed by atoms with E-state index in [9.17, 15) is 9.90 Å². The van der Waals surface area contributed by atoms with Crippen LogP contribution in [0.1, 0.15) is 59.3 Å². The zero-order valence-electron chi connectivity index (χ0n) is 12.0. The molecule has 1 amide bonds. The van der Waals surface area contributed by atoms with Gasteiger partial charge >= 0.3 is 0 Å². The quantitative estimate of drug-likeness (QED) is 0.648. The number of nitrogens with one attached hydrogen (secondary N) is 2. The molecule has 1 aliphatic carbocycles. The average molecular weight is 256 g/mol. The summed E-state index contributed by atoms with van der Waals surface area (Å²) >= 11 is 0. The van der Waals surface area contributed by atoms with Crippen LogP contribution in [0.15, 0.2) is 0 Å². The number of carbonyl (C=O) groups is 1. The summed E-state index contributed by atoms with van der Waals surface area (Å²) in [5.41, 5.74) is -0.327. The van der Waals surface area contributed by atoms with Crippen molar-refractivity contribution in [3.05, 3.63) is 0 Å². The Morgan fingerprint density at radius 3 is 2.33 bits per heavy atom. The lowest BCUT2D eigenvalue weighted by Crippen LogP contribution is -2.56. The highest BCUT2D eigenvalue weighted by molar-refractivity contribution is 5.81. The standard InChI is InChI=1S/C14H28N2O2/c1-4-14(5-2,10-17)16-11(3)13(18)15-12-8-6-7-9-12/h11-12,16-17H,4-10H2,1-3H3,(H,15,18). The van der Waals surface area contributed by atoms with Crippen LogP contribution < -0.4 is 10.6 Å². The molecular formula is C14H28N2O2. The van der Waals surface area contributed by atoms with Gasteiger partial charge in [-0.25, -0.2) is 0 Å². The smallest absolute Gasteiger partial charge is 0.237 e. The molecule has 0 bridgehead atoms. The molecule has 1 saturated carbocycles. The molecule has 3 N–H and O–H groups in total. The summed E-state index contributed by atoms with van der Waals surface area (Å²) < 4.78 is 0. The van der Waals surface area contributed by atoms with Crippen molar-refractivity contribution in [1.29, 1.82) is 0 Å². The number of aliphatic hydroxyl groups is 1. The SMILES string of the molecule is CCC(CC)(CO)NC(C)C(=O)NC1CCCC1. The molecule has 1 aliphatic rings. The van der Waals surface area contributed by atoms with Crippen molar-refractivity contribution in [1.82, 2.24) is 10.6 Å². The van der Waals surface area contributed by atoms with E-state index in [2.05, 4.69) is 10.6 Å². The first-order valence-corrected chi connectivity index (χ1v) is 7.26. The predicted molar refractivity (Wildman–Crippen MR) is 73.4 cm³/mol. The fourth-order valence-corrected chi connectivity index (χ4v) is 2.64. The largest absolute Gasteiger partial charge is 0.394 e. The van der Waals surface area contributed by atoms with Crippen LogP contribution in [0.25, 0.3) is 0 Å². The minimum absolute atomic E-state index is 0.0571. The lowest BCUT2D eigenvalue weighted by molar-refractivity contribution is -0.124. The predicted octanol–water partition coefficient (Wildman–Crippen LogP) is 1.57. The Labute approximate surface area is 111 Å². The molecule has 1 rings (SSSR count). The Morgan fingerprint density at radius 2 is 1.89 bits per heavy atom. The number of aliphatic hydroxyl groups excluding tert-OH is 1. The maximum absolute atomic E-state index is 12.1. The third-order valence-electron chi connectivity index (χ3n) is 4.27. The van der Waals surface area contributed by atoms with Crippen molar-refractivity contribution in [3.8, 4) is 0 Å². The molecule has 18 heavy (non-hydrogen) atoms. The molecule has 0 radical (unpaired) electrons. The summed E-state index contributed by atoms with van der Waals surface area (Å²) in [5.74, 6) is 0.0571. The van der Waals surface area contributed by atoms with Crippen LogP contribution in [0.4, 0.5) is 0 Å². The van der Waals surface area contributed by atoms with Crippen LogP contribution in [0.2, 0.25) is 0 Å². The molecule has 1 unspecified atom stereocenters. The lowest BCUT2D eigenvalue weighted by atomic mass is 9.93. The second-order valence-electron chi connectivity index (χ2n) is 5.50. The Morgan fingerprint density at radius 1 is 1.33 bits per heavy atom. The van der Waals surface area contributed by atoms with Gasteiger partial charge in [-0.1, -0.05) is 26.7 Å². The highest BCUT2D eigenvalue weighted by Gasteiger charge is 2.30. The molecule has 0 aromatic heterocycles. The summed E-state index contributed by atoms with van der Waals surface area (Å²) in [7, 11) is 0. The molecule has 0 heterocycles. The number of amides is 1. The van der Waals surface area contributed by atoms with Crippen LogP contribution in [0.3, 0.4) is 0 Å². The highest BCUT2D eigenvalue weighted by atomic mass is 16.3. The van der Waals surface area contributed by atoms with E-state index in [-0.39, 0.29) is 24.1 Å². The van der Waals surface area contributed by atoms with Crippen molar-refractivity contribution >= 4 is 5.91 Å². The molecule has 4 heteroatoms. The molecule has 1 fully saturated rings. The van der Waals surface area contributed by atoms with Gasteiger partial charge in [0.1, 0.15) is 0 Å². The highest BCUT2D eigenvalue weighted by Crippen LogP contribution is 2.18. The van der Waals surface area contributed by atoms with E-state index in [4.69, 9.17) is 0 Å². The van der Waals surface area contributed by atoms with Crippen LogP contribution >= 0.6 is 0 Å². The molecule has 4 nitrogen and oxygen atoms in total. The third kappa shape index (κ3) is 3.95. The second-order valence-corrected chi connectivity index (χ2v) is 5.50. The maximum Gasteiger partial charge on any atom is 0.237 e. The van der Waals surface area contributed by atoms with E-state index < -0.39 is 0 Å². The summed E-state index contributed by atoms with van der Waals surface area (Å²) in [4.78, 5) is 12.1. The van der Waals surface area contributed by atoms with Gasteiger partial charge in [0.2, 0.25) is 5.91 Å². The minimum Gasteiger partial charge on any atom is -0.394 e. The van der Waals surface area contributed by atoms with Crippen LogP contribution in [-0.4, -0.2) is 35.2 Å². The molecule has 106 valence electrons. The normalized spacial score (nSPS) is 18.9. The Balaban J connectivity index is 2.46. The second kappa shape index (κ2) is 7.10. The summed E-state index contributed by atoms with van der Waals surface area (Å²) in [5, 5.41) is 15.9. The van der Waals surface area contributed by atoms with Gasteiger partial charge in [-0.3, -0.25) is 10.1 Å². The molecule has 0 aromatic carbocycles. The molecule has 0 spiro atoms. The molecular weight excluding hydrogens is 228 g/mol. The van der Waals surface area contributed by atoms with E-state index in [0.717, 1.165) is 25.7 Å². The molecule has 1 atom stereocenters. The van der Waals surface area contributed by atoms with Gasteiger partial charge in [0.25, 0.3) is 0 Å². The Hall–Kier alpha value is -0.610. The average Bonchev–Trinajstić information content (AvgIpc) is 2.88. The summed E-state index contributed by atoms with van der Waals surface area (Å²) in [6.45, 7) is 6.02. The van der Waals surface area contributed by atoms with Crippen LogP contribution in [-0.2, 0) is 4.79 Å². The van der Waals surface area contributed by atoms with Crippen molar-refractivity contribution in [2.45, 2.75) is 76.9 Å². The number of hydrogen-bond acceptors (Lipinski definition) is 3. The van der Waals surface area contributed by atoms with Crippen LogP contribution in [0.5, 0.6) is 0 Å². The van der Waals surface area contributed by atoms with Crippen molar-refractivity contribution < 1.29 is 9.90 Å². The lowest BCUT2D eigenvalue weighted by Gasteiger charge is -2.34. The van der Waals surface area contributed by atoms with Gasteiger partial charge in [0, 0.05) is 11.6 Å². The first kappa shape index (κ1) is 15.4.